The number of ether oxygens (including phenoxy) is 1. The molecule has 5 nitrogen and oxygen atoms in total. The summed E-state index contributed by atoms with van der Waals surface area (Å²) in [6, 6.07) is 7.34. The molecular formula is C14H21N3O2. The second-order valence-electron chi connectivity index (χ2n) is 4.87. The topological polar surface area (TPSA) is 67.6 Å². The summed E-state index contributed by atoms with van der Waals surface area (Å²) in [6.45, 7) is 3.56. The van der Waals surface area contributed by atoms with Crippen molar-refractivity contribution in [2.45, 2.75) is 12.6 Å². The van der Waals surface area contributed by atoms with Crippen LogP contribution in [0.5, 0.6) is 0 Å². The number of benzene rings is 1. The minimum absolute atomic E-state index is 0.0691. The molecule has 0 aliphatic carbocycles. The lowest BCUT2D eigenvalue weighted by Crippen LogP contribution is -2.45. The molecule has 1 aromatic rings. The van der Waals surface area contributed by atoms with Crippen molar-refractivity contribution in [3.05, 3.63) is 35.4 Å². The lowest BCUT2D eigenvalue weighted by molar-refractivity contribution is -0.0175. The predicted octanol–water partition coefficient (Wildman–Crippen LogP) is 0.206. The van der Waals surface area contributed by atoms with Gasteiger partial charge >= 0.3 is 0 Å². The second-order valence-corrected chi connectivity index (χ2v) is 4.87. The highest BCUT2D eigenvalue weighted by Crippen LogP contribution is 2.05. The maximum absolute atomic E-state index is 12.0. The molecule has 1 amide bonds. The molecule has 19 heavy (non-hydrogen) atoms. The lowest BCUT2D eigenvalue weighted by Gasteiger charge is -2.30. The minimum Gasteiger partial charge on any atom is -0.374 e. The van der Waals surface area contributed by atoms with Gasteiger partial charge in [0.15, 0.2) is 0 Å². The first kappa shape index (κ1) is 14.0. The fraction of sp³-hybridized carbons (Fsp3) is 0.500. The van der Waals surface area contributed by atoms with Crippen molar-refractivity contribution in [3.8, 4) is 0 Å². The molecule has 0 radical (unpaired) electrons. The van der Waals surface area contributed by atoms with Gasteiger partial charge in [0.2, 0.25) is 0 Å². The van der Waals surface area contributed by atoms with Gasteiger partial charge in [0, 0.05) is 31.7 Å². The third-order valence-electron chi connectivity index (χ3n) is 3.28. The maximum Gasteiger partial charge on any atom is 0.251 e. The molecule has 1 fully saturated rings. The van der Waals surface area contributed by atoms with Gasteiger partial charge in [0.05, 0.1) is 12.7 Å². The molecule has 0 spiro atoms. The van der Waals surface area contributed by atoms with Crippen LogP contribution in [0.25, 0.3) is 0 Å². The number of carbonyl (C=O) groups is 1. The quantitative estimate of drug-likeness (QED) is 0.814. The Morgan fingerprint density at radius 3 is 2.84 bits per heavy atom. The summed E-state index contributed by atoms with van der Waals surface area (Å²) >= 11 is 0. The van der Waals surface area contributed by atoms with E-state index in [1.807, 2.05) is 12.1 Å². The number of rotatable bonds is 4. The molecular weight excluding hydrogens is 242 g/mol. The third kappa shape index (κ3) is 4.02. The second kappa shape index (κ2) is 6.65. The van der Waals surface area contributed by atoms with Crippen molar-refractivity contribution in [1.82, 2.24) is 10.2 Å². The molecule has 1 heterocycles. The van der Waals surface area contributed by atoms with Gasteiger partial charge in [0.1, 0.15) is 0 Å². The number of nitrogens with one attached hydrogen (secondary N) is 1. The zero-order chi connectivity index (χ0) is 13.7. The smallest absolute Gasteiger partial charge is 0.251 e. The number of morpholine rings is 1. The molecule has 1 aliphatic rings. The van der Waals surface area contributed by atoms with E-state index in [4.69, 9.17) is 10.5 Å². The van der Waals surface area contributed by atoms with E-state index in [2.05, 4.69) is 17.3 Å². The first-order valence-electron chi connectivity index (χ1n) is 6.56. The van der Waals surface area contributed by atoms with Crippen molar-refractivity contribution in [2.75, 3.05) is 33.3 Å². The average molecular weight is 263 g/mol. The maximum atomic E-state index is 12.0. The average Bonchev–Trinajstić information content (AvgIpc) is 2.45. The van der Waals surface area contributed by atoms with Gasteiger partial charge in [-0.25, -0.2) is 0 Å². The van der Waals surface area contributed by atoms with E-state index in [0.29, 0.717) is 18.7 Å². The first-order chi connectivity index (χ1) is 9.19. The number of hydrogen-bond donors (Lipinski definition) is 2. The van der Waals surface area contributed by atoms with Crippen LogP contribution >= 0.6 is 0 Å². The van der Waals surface area contributed by atoms with Gasteiger partial charge in [-0.05, 0) is 24.7 Å². The van der Waals surface area contributed by atoms with E-state index in [9.17, 15) is 4.79 Å². The summed E-state index contributed by atoms with van der Waals surface area (Å²) in [5.74, 6) is -0.0691. The summed E-state index contributed by atoms with van der Waals surface area (Å²) in [7, 11) is 2.06. The van der Waals surface area contributed by atoms with Crippen molar-refractivity contribution < 1.29 is 9.53 Å². The highest BCUT2D eigenvalue weighted by Gasteiger charge is 2.18. The molecule has 5 heteroatoms. The van der Waals surface area contributed by atoms with Crippen molar-refractivity contribution in [3.63, 3.8) is 0 Å². The van der Waals surface area contributed by atoms with Crippen LogP contribution in [-0.4, -0.2) is 50.2 Å². The van der Waals surface area contributed by atoms with Crippen molar-refractivity contribution in [2.24, 2.45) is 5.73 Å². The van der Waals surface area contributed by atoms with E-state index in [0.717, 1.165) is 25.3 Å². The molecule has 1 aliphatic heterocycles. The largest absolute Gasteiger partial charge is 0.374 e. The molecule has 0 bridgehead atoms. The lowest BCUT2D eigenvalue weighted by atomic mass is 10.1. The monoisotopic (exact) mass is 263 g/mol. The highest BCUT2D eigenvalue weighted by atomic mass is 16.5. The highest BCUT2D eigenvalue weighted by molar-refractivity contribution is 5.94. The zero-order valence-electron chi connectivity index (χ0n) is 11.3. The van der Waals surface area contributed by atoms with Crippen LogP contribution in [0.3, 0.4) is 0 Å². The standard InChI is InChI=1S/C14H21N3O2/c1-17-6-7-19-13(10-17)9-16-14(18)12-4-2-11(8-15)3-5-12/h2-5,13H,6-10,15H2,1H3,(H,16,18). The molecule has 0 saturated carbocycles. The van der Waals surface area contributed by atoms with Gasteiger partial charge in [-0.15, -0.1) is 0 Å². The van der Waals surface area contributed by atoms with Crippen molar-refractivity contribution in [1.29, 1.82) is 0 Å². The van der Waals surface area contributed by atoms with Gasteiger partial charge in [-0.1, -0.05) is 12.1 Å². The van der Waals surface area contributed by atoms with Crippen LogP contribution in [0.2, 0.25) is 0 Å². The Hall–Kier alpha value is -1.43. The number of carbonyl (C=O) groups excluding carboxylic acids is 1. The Morgan fingerprint density at radius 2 is 2.21 bits per heavy atom. The fourth-order valence-corrected chi connectivity index (χ4v) is 2.09. The van der Waals surface area contributed by atoms with E-state index in [1.54, 1.807) is 12.1 Å². The van der Waals surface area contributed by atoms with Crippen LogP contribution < -0.4 is 11.1 Å². The normalized spacial score (nSPS) is 20.2. The first-order valence-corrected chi connectivity index (χ1v) is 6.56. The fourth-order valence-electron chi connectivity index (χ4n) is 2.09. The van der Waals surface area contributed by atoms with Gasteiger partial charge in [-0.2, -0.15) is 0 Å². The number of nitrogens with zero attached hydrogens (tertiary/aromatic N) is 1. The van der Waals surface area contributed by atoms with E-state index in [1.165, 1.54) is 0 Å². The summed E-state index contributed by atoms with van der Waals surface area (Å²) < 4.78 is 5.60. The number of amides is 1. The molecule has 104 valence electrons. The Labute approximate surface area is 113 Å². The summed E-state index contributed by atoms with van der Waals surface area (Å²) in [6.07, 6.45) is 0.0750. The molecule has 2 rings (SSSR count). The molecule has 3 N–H and O–H groups in total. The predicted molar refractivity (Wildman–Crippen MR) is 73.9 cm³/mol. The molecule has 1 atom stereocenters. The van der Waals surface area contributed by atoms with Crippen LogP contribution in [0.4, 0.5) is 0 Å². The third-order valence-corrected chi connectivity index (χ3v) is 3.28. The number of likely N-dealkylation sites (N-methyl/N-ethyl adjacent to an activating group) is 1. The zero-order valence-corrected chi connectivity index (χ0v) is 11.3. The Kier molecular flexibility index (Phi) is 4.90. The summed E-state index contributed by atoms with van der Waals surface area (Å²) in [5, 5.41) is 2.90. The van der Waals surface area contributed by atoms with Crippen LogP contribution in [0, 0.1) is 0 Å². The van der Waals surface area contributed by atoms with E-state index in [-0.39, 0.29) is 12.0 Å². The summed E-state index contributed by atoms with van der Waals surface area (Å²) in [4.78, 5) is 14.2. The molecule has 1 unspecified atom stereocenters. The Bertz CT molecular complexity index is 419. The van der Waals surface area contributed by atoms with E-state index >= 15 is 0 Å². The van der Waals surface area contributed by atoms with Crippen molar-refractivity contribution >= 4 is 5.91 Å². The molecule has 1 aromatic carbocycles. The Balaban J connectivity index is 1.83. The Morgan fingerprint density at radius 1 is 1.47 bits per heavy atom. The van der Waals surface area contributed by atoms with Crippen LogP contribution in [-0.2, 0) is 11.3 Å². The van der Waals surface area contributed by atoms with Gasteiger partial charge in [0.25, 0.3) is 5.91 Å². The van der Waals surface area contributed by atoms with Crippen LogP contribution in [0.1, 0.15) is 15.9 Å². The molecule has 0 aromatic heterocycles. The van der Waals surface area contributed by atoms with Gasteiger partial charge < -0.3 is 20.7 Å². The number of nitrogens with two attached hydrogens (primary N) is 1. The minimum atomic E-state index is -0.0691. The number of hydrogen-bond acceptors (Lipinski definition) is 4. The molecule has 1 saturated heterocycles. The van der Waals surface area contributed by atoms with E-state index < -0.39 is 0 Å². The SMILES string of the molecule is CN1CCOC(CNC(=O)c2ccc(CN)cc2)C1. The van der Waals surface area contributed by atoms with Gasteiger partial charge in [-0.3, -0.25) is 4.79 Å². The summed E-state index contributed by atoms with van der Waals surface area (Å²) in [5.41, 5.74) is 7.20. The van der Waals surface area contributed by atoms with Crippen LogP contribution in [0.15, 0.2) is 24.3 Å².